The number of imide groups is 1. The van der Waals surface area contributed by atoms with E-state index in [9.17, 15) is 18.8 Å². The molecule has 0 aliphatic carbocycles. The van der Waals surface area contributed by atoms with E-state index in [1.807, 2.05) is 0 Å². The average Bonchev–Trinajstić information content (AvgIpc) is 2.80. The van der Waals surface area contributed by atoms with Gasteiger partial charge in [0, 0.05) is 26.5 Å². The van der Waals surface area contributed by atoms with Crippen LogP contribution in [0.15, 0.2) is 24.3 Å². The van der Waals surface area contributed by atoms with Crippen molar-refractivity contribution in [1.82, 2.24) is 10.2 Å². The van der Waals surface area contributed by atoms with Gasteiger partial charge in [0.05, 0.1) is 6.10 Å². The number of hydrogen-bond donors (Lipinski definition) is 1. The zero-order chi connectivity index (χ0) is 16.1. The summed E-state index contributed by atoms with van der Waals surface area (Å²) >= 11 is 0. The number of hydrogen-bond acceptors (Lipinski definition) is 4. The second kappa shape index (κ2) is 7.13. The fraction of sp³-hybridized carbons (Fsp3) is 0.400. The van der Waals surface area contributed by atoms with Crippen molar-refractivity contribution in [3.8, 4) is 0 Å². The lowest BCUT2D eigenvalue weighted by Crippen LogP contribution is -2.41. The van der Waals surface area contributed by atoms with Gasteiger partial charge in [-0.1, -0.05) is 12.1 Å². The summed E-state index contributed by atoms with van der Waals surface area (Å²) in [6.45, 7) is -0.174. The van der Waals surface area contributed by atoms with E-state index in [0.29, 0.717) is 5.56 Å². The highest BCUT2D eigenvalue weighted by atomic mass is 19.1. The molecule has 1 aliphatic heterocycles. The van der Waals surface area contributed by atoms with Gasteiger partial charge in [-0.25, -0.2) is 4.39 Å². The number of benzene rings is 1. The molecule has 1 saturated heterocycles. The minimum atomic E-state index is -0.510. The first-order valence-electron chi connectivity index (χ1n) is 6.89. The molecule has 0 aromatic heterocycles. The maximum atomic E-state index is 13.2. The van der Waals surface area contributed by atoms with Crippen LogP contribution in [0.2, 0.25) is 0 Å². The molecule has 118 valence electrons. The van der Waals surface area contributed by atoms with Gasteiger partial charge in [0.15, 0.2) is 0 Å². The van der Waals surface area contributed by atoms with Crippen molar-refractivity contribution in [2.24, 2.45) is 0 Å². The lowest BCUT2D eigenvalue weighted by Gasteiger charge is -2.18. The minimum Gasteiger partial charge on any atom is -0.375 e. The third-order valence-corrected chi connectivity index (χ3v) is 3.45. The predicted octanol–water partition coefficient (Wildman–Crippen LogP) is 0.778. The van der Waals surface area contributed by atoms with Crippen LogP contribution < -0.4 is 5.32 Å². The molecule has 0 saturated carbocycles. The van der Waals surface area contributed by atoms with E-state index < -0.39 is 12.0 Å². The first kappa shape index (κ1) is 16.1. The third-order valence-electron chi connectivity index (χ3n) is 3.45. The molecule has 0 bridgehead atoms. The predicted molar refractivity (Wildman–Crippen MR) is 75.1 cm³/mol. The van der Waals surface area contributed by atoms with Gasteiger partial charge in [-0.3, -0.25) is 19.3 Å². The molecule has 7 heteroatoms. The molecule has 0 spiro atoms. The molecule has 1 aromatic carbocycles. The zero-order valence-electron chi connectivity index (χ0n) is 12.2. The van der Waals surface area contributed by atoms with Crippen LogP contribution in [-0.2, 0) is 19.1 Å². The topological polar surface area (TPSA) is 75.7 Å². The van der Waals surface area contributed by atoms with Gasteiger partial charge in [0.1, 0.15) is 12.4 Å². The molecule has 1 N–H and O–H groups in total. The normalized spacial score (nSPS) is 16.0. The highest BCUT2D eigenvalue weighted by Gasteiger charge is 2.30. The van der Waals surface area contributed by atoms with E-state index >= 15 is 0 Å². The molecule has 1 aliphatic rings. The van der Waals surface area contributed by atoms with Crippen molar-refractivity contribution in [3.05, 3.63) is 35.6 Å². The van der Waals surface area contributed by atoms with Crippen LogP contribution in [0, 0.1) is 5.82 Å². The standard InChI is InChI=1S/C15H17FN2O4/c1-22-12(10-3-2-4-11(16)7-10)8-17-13(19)9-18-14(20)5-6-15(18)21/h2-4,7,12H,5-6,8-9H2,1H3,(H,17,19)/t12-/m0/s1. The Morgan fingerprint density at radius 3 is 2.64 bits per heavy atom. The van der Waals surface area contributed by atoms with Gasteiger partial charge in [-0.2, -0.15) is 0 Å². The molecule has 1 heterocycles. The van der Waals surface area contributed by atoms with Crippen LogP contribution in [0.3, 0.4) is 0 Å². The fourth-order valence-corrected chi connectivity index (χ4v) is 2.25. The number of ether oxygens (including phenoxy) is 1. The first-order valence-corrected chi connectivity index (χ1v) is 6.89. The maximum Gasteiger partial charge on any atom is 0.240 e. The first-order chi connectivity index (χ1) is 10.5. The van der Waals surface area contributed by atoms with E-state index in [0.717, 1.165) is 4.90 Å². The monoisotopic (exact) mass is 308 g/mol. The molecule has 3 amide bonds. The van der Waals surface area contributed by atoms with E-state index in [1.165, 1.54) is 19.2 Å². The average molecular weight is 308 g/mol. The Morgan fingerprint density at radius 1 is 1.36 bits per heavy atom. The van der Waals surface area contributed by atoms with Crippen molar-refractivity contribution in [2.75, 3.05) is 20.2 Å². The van der Waals surface area contributed by atoms with Crippen LogP contribution in [-0.4, -0.2) is 42.8 Å². The molecule has 22 heavy (non-hydrogen) atoms. The van der Waals surface area contributed by atoms with E-state index in [1.54, 1.807) is 12.1 Å². The maximum absolute atomic E-state index is 13.2. The Balaban J connectivity index is 1.89. The van der Waals surface area contributed by atoms with Crippen molar-refractivity contribution < 1.29 is 23.5 Å². The van der Waals surface area contributed by atoms with Gasteiger partial charge < -0.3 is 10.1 Å². The number of amides is 3. The number of nitrogens with one attached hydrogen (secondary N) is 1. The summed E-state index contributed by atoms with van der Waals surface area (Å²) in [6, 6.07) is 5.89. The SMILES string of the molecule is CO[C@@H](CNC(=O)CN1C(=O)CCC1=O)c1cccc(F)c1. The molecule has 0 unspecified atom stereocenters. The summed E-state index contributed by atoms with van der Waals surface area (Å²) in [5.74, 6) is -1.52. The fourth-order valence-electron chi connectivity index (χ4n) is 2.25. The van der Waals surface area contributed by atoms with E-state index in [-0.39, 0.29) is 43.6 Å². The van der Waals surface area contributed by atoms with Crippen molar-refractivity contribution >= 4 is 17.7 Å². The zero-order valence-corrected chi connectivity index (χ0v) is 12.2. The van der Waals surface area contributed by atoms with Crippen molar-refractivity contribution in [3.63, 3.8) is 0 Å². The Bertz CT molecular complexity index is 575. The number of nitrogens with zero attached hydrogens (tertiary/aromatic N) is 1. The van der Waals surface area contributed by atoms with Crippen LogP contribution in [0.4, 0.5) is 4.39 Å². The van der Waals surface area contributed by atoms with Crippen LogP contribution >= 0.6 is 0 Å². The number of halogens is 1. The summed E-state index contributed by atoms with van der Waals surface area (Å²) in [5, 5.41) is 2.59. The highest BCUT2D eigenvalue weighted by molar-refractivity contribution is 6.04. The summed E-state index contributed by atoms with van der Waals surface area (Å²) in [5.41, 5.74) is 0.594. The highest BCUT2D eigenvalue weighted by Crippen LogP contribution is 2.17. The molecular weight excluding hydrogens is 291 g/mol. The Morgan fingerprint density at radius 2 is 2.05 bits per heavy atom. The molecule has 1 fully saturated rings. The van der Waals surface area contributed by atoms with Crippen molar-refractivity contribution in [1.29, 1.82) is 0 Å². The number of carbonyl (C=O) groups is 3. The second-order valence-electron chi connectivity index (χ2n) is 4.96. The molecule has 2 rings (SSSR count). The summed E-state index contributed by atoms with van der Waals surface area (Å²) in [4.78, 5) is 35.6. The number of likely N-dealkylation sites (tertiary alicyclic amines) is 1. The van der Waals surface area contributed by atoms with Gasteiger partial charge >= 0.3 is 0 Å². The van der Waals surface area contributed by atoms with Gasteiger partial charge in [-0.05, 0) is 17.7 Å². The molecular formula is C15H17FN2O4. The smallest absolute Gasteiger partial charge is 0.240 e. The molecule has 1 aromatic rings. The van der Waals surface area contributed by atoms with Gasteiger partial charge in [0.25, 0.3) is 0 Å². The summed E-state index contributed by atoms with van der Waals surface area (Å²) in [6.07, 6.45) is -0.212. The van der Waals surface area contributed by atoms with Crippen LogP contribution in [0.5, 0.6) is 0 Å². The summed E-state index contributed by atoms with van der Waals surface area (Å²) < 4.78 is 18.4. The lowest BCUT2D eigenvalue weighted by molar-refractivity contribution is -0.142. The molecule has 0 radical (unpaired) electrons. The Labute approximate surface area is 127 Å². The van der Waals surface area contributed by atoms with Crippen LogP contribution in [0.1, 0.15) is 24.5 Å². The Hall–Kier alpha value is -2.28. The second-order valence-corrected chi connectivity index (χ2v) is 4.96. The van der Waals surface area contributed by atoms with Gasteiger partial charge in [-0.15, -0.1) is 0 Å². The van der Waals surface area contributed by atoms with Gasteiger partial charge in [0.2, 0.25) is 17.7 Å². The lowest BCUT2D eigenvalue weighted by atomic mass is 10.1. The summed E-state index contributed by atoms with van der Waals surface area (Å²) in [7, 11) is 1.45. The minimum absolute atomic E-state index is 0.120. The number of rotatable bonds is 6. The molecule has 6 nitrogen and oxygen atoms in total. The Kier molecular flexibility index (Phi) is 5.21. The van der Waals surface area contributed by atoms with E-state index in [2.05, 4.69) is 5.32 Å². The molecule has 1 atom stereocenters. The van der Waals surface area contributed by atoms with Crippen LogP contribution in [0.25, 0.3) is 0 Å². The third kappa shape index (κ3) is 3.88. The number of carbonyl (C=O) groups excluding carboxylic acids is 3. The van der Waals surface area contributed by atoms with Crippen molar-refractivity contribution in [2.45, 2.75) is 18.9 Å². The quantitative estimate of drug-likeness (QED) is 0.788. The number of methoxy groups -OCH3 is 1. The largest absolute Gasteiger partial charge is 0.375 e. The van der Waals surface area contributed by atoms with E-state index in [4.69, 9.17) is 4.74 Å².